The zero-order chi connectivity index (χ0) is 15.5. The summed E-state index contributed by atoms with van der Waals surface area (Å²) in [4.78, 5) is 22.9. The molecule has 1 aromatic rings. The number of nitro benzene ring substituents is 1. The fraction of sp³-hybridized carbons (Fsp3) is 0.533. The van der Waals surface area contributed by atoms with E-state index in [-0.39, 0.29) is 17.1 Å². The first kappa shape index (κ1) is 15.3. The standard InChI is InChI=1S/C15H21N3O3/c1-15(8-4-3-5-9-15)17-14(19)11-6-7-12(16-2)13(10-11)18(20)21/h6-7,10,16H,3-5,8-9H2,1-2H3,(H,17,19). The molecule has 1 aliphatic carbocycles. The van der Waals surface area contributed by atoms with E-state index in [4.69, 9.17) is 0 Å². The molecule has 0 heterocycles. The Hall–Kier alpha value is -2.11. The van der Waals surface area contributed by atoms with Crippen molar-refractivity contribution in [1.82, 2.24) is 5.32 Å². The molecule has 6 heteroatoms. The third-order valence-electron chi connectivity index (χ3n) is 4.10. The number of hydrogen-bond acceptors (Lipinski definition) is 4. The van der Waals surface area contributed by atoms with Gasteiger partial charge >= 0.3 is 0 Å². The van der Waals surface area contributed by atoms with Crippen LogP contribution in [0.3, 0.4) is 0 Å². The summed E-state index contributed by atoms with van der Waals surface area (Å²) in [6.07, 6.45) is 5.32. The highest BCUT2D eigenvalue weighted by atomic mass is 16.6. The van der Waals surface area contributed by atoms with Crippen LogP contribution in [-0.4, -0.2) is 23.4 Å². The van der Waals surface area contributed by atoms with Crippen LogP contribution in [0.2, 0.25) is 0 Å². The summed E-state index contributed by atoms with van der Waals surface area (Å²) < 4.78 is 0. The molecule has 21 heavy (non-hydrogen) atoms. The Morgan fingerprint density at radius 1 is 1.29 bits per heavy atom. The first-order valence-electron chi connectivity index (χ1n) is 7.24. The third-order valence-corrected chi connectivity index (χ3v) is 4.10. The Kier molecular flexibility index (Phi) is 4.45. The molecule has 2 rings (SSSR count). The molecule has 0 aliphatic heterocycles. The van der Waals surface area contributed by atoms with E-state index in [1.165, 1.54) is 12.5 Å². The van der Waals surface area contributed by atoms with Crippen molar-refractivity contribution in [2.75, 3.05) is 12.4 Å². The van der Waals surface area contributed by atoms with Crippen molar-refractivity contribution >= 4 is 17.3 Å². The van der Waals surface area contributed by atoms with Gasteiger partial charge in [0.05, 0.1) is 4.92 Å². The molecule has 1 fully saturated rings. The summed E-state index contributed by atoms with van der Waals surface area (Å²) in [7, 11) is 1.62. The number of nitrogens with zero attached hydrogens (tertiary/aromatic N) is 1. The van der Waals surface area contributed by atoms with E-state index in [0.717, 1.165) is 25.7 Å². The molecule has 114 valence electrons. The minimum absolute atomic E-state index is 0.0843. The number of nitro groups is 1. The zero-order valence-corrected chi connectivity index (χ0v) is 12.4. The SMILES string of the molecule is CNc1ccc(C(=O)NC2(C)CCCCC2)cc1[N+](=O)[O-]. The Morgan fingerprint density at radius 3 is 2.52 bits per heavy atom. The second-order valence-electron chi connectivity index (χ2n) is 5.81. The van der Waals surface area contributed by atoms with Crippen LogP contribution >= 0.6 is 0 Å². The van der Waals surface area contributed by atoms with E-state index in [1.807, 2.05) is 6.92 Å². The molecule has 0 unspecified atom stereocenters. The number of nitrogens with one attached hydrogen (secondary N) is 2. The molecule has 1 saturated carbocycles. The van der Waals surface area contributed by atoms with Crippen LogP contribution in [0, 0.1) is 10.1 Å². The predicted octanol–water partition coefficient (Wildman–Crippen LogP) is 3.09. The number of carbonyl (C=O) groups excluding carboxylic acids is 1. The van der Waals surface area contributed by atoms with Crippen molar-refractivity contribution in [3.8, 4) is 0 Å². The first-order valence-corrected chi connectivity index (χ1v) is 7.24. The predicted molar refractivity (Wildman–Crippen MR) is 81.6 cm³/mol. The summed E-state index contributed by atoms with van der Waals surface area (Å²) in [5.41, 5.74) is 0.443. The largest absolute Gasteiger partial charge is 0.383 e. The van der Waals surface area contributed by atoms with Crippen LogP contribution < -0.4 is 10.6 Å². The highest BCUT2D eigenvalue weighted by Crippen LogP contribution is 2.29. The van der Waals surface area contributed by atoms with Gasteiger partial charge in [0.1, 0.15) is 5.69 Å². The van der Waals surface area contributed by atoms with Crippen molar-refractivity contribution in [3.63, 3.8) is 0 Å². The molecule has 1 aliphatic rings. The maximum Gasteiger partial charge on any atom is 0.293 e. The zero-order valence-electron chi connectivity index (χ0n) is 12.4. The van der Waals surface area contributed by atoms with E-state index < -0.39 is 4.92 Å². The highest BCUT2D eigenvalue weighted by Gasteiger charge is 2.29. The van der Waals surface area contributed by atoms with Gasteiger partial charge in [-0.05, 0) is 31.9 Å². The highest BCUT2D eigenvalue weighted by molar-refractivity contribution is 5.96. The Balaban J connectivity index is 2.19. The number of amides is 1. The summed E-state index contributed by atoms with van der Waals surface area (Å²) in [5, 5.41) is 16.8. The van der Waals surface area contributed by atoms with Gasteiger partial charge in [0.25, 0.3) is 11.6 Å². The van der Waals surface area contributed by atoms with Gasteiger partial charge in [0.15, 0.2) is 0 Å². The van der Waals surface area contributed by atoms with E-state index in [2.05, 4.69) is 10.6 Å². The van der Waals surface area contributed by atoms with Crippen molar-refractivity contribution in [1.29, 1.82) is 0 Å². The number of hydrogen-bond donors (Lipinski definition) is 2. The van der Waals surface area contributed by atoms with Crippen molar-refractivity contribution in [2.24, 2.45) is 0 Å². The fourth-order valence-corrected chi connectivity index (χ4v) is 2.84. The van der Waals surface area contributed by atoms with Crippen molar-refractivity contribution < 1.29 is 9.72 Å². The van der Waals surface area contributed by atoms with Crippen molar-refractivity contribution in [3.05, 3.63) is 33.9 Å². The second kappa shape index (κ2) is 6.11. The van der Waals surface area contributed by atoms with Gasteiger partial charge < -0.3 is 10.6 Å². The lowest BCUT2D eigenvalue weighted by Crippen LogP contribution is -2.47. The van der Waals surface area contributed by atoms with Gasteiger partial charge in [-0.15, -0.1) is 0 Å². The number of anilines is 1. The molecule has 0 saturated heterocycles. The van der Waals surface area contributed by atoms with Gasteiger partial charge in [-0.2, -0.15) is 0 Å². The third kappa shape index (κ3) is 3.51. The molecule has 6 nitrogen and oxygen atoms in total. The van der Waals surface area contributed by atoms with Crippen LogP contribution in [0.4, 0.5) is 11.4 Å². The smallest absolute Gasteiger partial charge is 0.293 e. The molecule has 0 bridgehead atoms. The summed E-state index contributed by atoms with van der Waals surface area (Å²) in [6.45, 7) is 2.04. The lowest BCUT2D eigenvalue weighted by atomic mass is 9.83. The fourth-order valence-electron chi connectivity index (χ4n) is 2.84. The summed E-state index contributed by atoms with van der Waals surface area (Å²) >= 11 is 0. The summed E-state index contributed by atoms with van der Waals surface area (Å²) in [6, 6.07) is 4.50. The maximum atomic E-state index is 12.3. The van der Waals surface area contributed by atoms with Gasteiger partial charge in [-0.25, -0.2) is 0 Å². The lowest BCUT2D eigenvalue weighted by molar-refractivity contribution is -0.384. The minimum Gasteiger partial charge on any atom is -0.383 e. The van der Waals surface area contributed by atoms with Gasteiger partial charge in [-0.3, -0.25) is 14.9 Å². The number of benzene rings is 1. The molecule has 0 atom stereocenters. The second-order valence-corrected chi connectivity index (χ2v) is 5.81. The van der Waals surface area contributed by atoms with Gasteiger partial charge in [-0.1, -0.05) is 19.3 Å². The average Bonchev–Trinajstić information content (AvgIpc) is 2.46. The normalized spacial score (nSPS) is 17.0. The van der Waals surface area contributed by atoms with Crippen LogP contribution in [-0.2, 0) is 0 Å². The van der Waals surface area contributed by atoms with Gasteiger partial charge in [0.2, 0.25) is 0 Å². The Morgan fingerprint density at radius 2 is 1.95 bits per heavy atom. The molecule has 0 aromatic heterocycles. The van der Waals surface area contributed by atoms with Crippen molar-refractivity contribution in [2.45, 2.75) is 44.6 Å². The van der Waals surface area contributed by atoms with E-state index in [1.54, 1.807) is 19.2 Å². The van der Waals surface area contributed by atoms with Crippen LogP contribution in [0.15, 0.2) is 18.2 Å². The van der Waals surface area contributed by atoms with Crippen LogP contribution in [0.25, 0.3) is 0 Å². The maximum absolute atomic E-state index is 12.3. The van der Waals surface area contributed by atoms with Crippen LogP contribution in [0.5, 0.6) is 0 Å². The molecule has 1 amide bonds. The molecular formula is C15H21N3O3. The molecule has 0 spiro atoms. The number of carbonyl (C=O) groups is 1. The average molecular weight is 291 g/mol. The molecule has 1 aromatic carbocycles. The van der Waals surface area contributed by atoms with E-state index in [0.29, 0.717) is 11.3 Å². The lowest BCUT2D eigenvalue weighted by Gasteiger charge is -2.34. The monoisotopic (exact) mass is 291 g/mol. The topological polar surface area (TPSA) is 84.3 Å². The van der Waals surface area contributed by atoms with Gasteiger partial charge in [0, 0.05) is 24.2 Å². The molecule has 0 radical (unpaired) electrons. The first-order chi connectivity index (χ1) is 9.95. The molecular weight excluding hydrogens is 270 g/mol. The minimum atomic E-state index is -0.481. The van der Waals surface area contributed by atoms with E-state index >= 15 is 0 Å². The molecule has 2 N–H and O–H groups in total. The number of rotatable bonds is 4. The van der Waals surface area contributed by atoms with Crippen LogP contribution in [0.1, 0.15) is 49.4 Å². The summed E-state index contributed by atoms with van der Waals surface area (Å²) in [5.74, 6) is -0.245. The quantitative estimate of drug-likeness (QED) is 0.659. The Labute approximate surface area is 124 Å². The van der Waals surface area contributed by atoms with E-state index in [9.17, 15) is 14.9 Å². The Bertz CT molecular complexity index is 551.